The summed E-state index contributed by atoms with van der Waals surface area (Å²) in [6, 6.07) is 0. The SMILES string of the molecule is O=C(CCCl)NO. The van der Waals surface area contributed by atoms with Crippen molar-refractivity contribution in [3.05, 3.63) is 0 Å². The quantitative estimate of drug-likeness (QED) is 0.311. The molecule has 0 saturated heterocycles. The van der Waals surface area contributed by atoms with Gasteiger partial charge in [0.1, 0.15) is 0 Å². The van der Waals surface area contributed by atoms with Crippen molar-refractivity contribution in [3.63, 3.8) is 0 Å². The van der Waals surface area contributed by atoms with Gasteiger partial charge in [-0.2, -0.15) is 0 Å². The molecule has 0 rings (SSSR count). The third-order valence-corrected chi connectivity index (χ3v) is 0.635. The molecule has 0 fully saturated rings. The molecule has 0 bridgehead atoms. The lowest BCUT2D eigenvalue weighted by Crippen LogP contribution is -2.18. The predicted octanol–water partition coefficient (Wildman–Crippen LogP) is 0.121. The zero-order valence-electron chi connectivity index (χ0n) is 3.65. The summed E-state index contributed by atoms with van der Waals surface area (Å²) in [6.07, 6.45) is 0.165. The summed E-state index contributed by atoms with van der Waals surface area (Å²) in [5, 5.41) is 7.81. The molecule has 2 N–H and O–H groups in total. The van der Waals surface area contributed by atoms with Gasteiger partial charge in [-0.1, -0.05) is 0 Å². The van der Waals surface area contributed by atoms with E-state index in [9.17, 15) is 4.79 Å². The minimum atomic E-state index is -0.449. The van der Waals surface area contributed by atoms with E-state index in [1.54, 1.807) is 0 Å². The van der Waals surface area contributed by atoms with Crippen LogP contribution >= 0.6 is 11.6 Å². The van der Waals surface area contributed by atoms with Crippen LogP contribution in [0.1, 0.15) is 6.42 Å². The molecular weight excluding hydrogens is 117 g/mol. The average Bonchev–Trinajstić information content (AvgIpc) is 1.68. The molecule has 0 aliphatic carbocycles. The number of amides is 1. The molecule has 4 heteroatoms. The first-order valence-electron chi connectivity index (χ1n) is 1.80. The van der Waals surface area contributed by atoms with Crippen LogP contribution in [0.25, 0.3) is 0 Å². The molecule has 0 aliphatic rings. The van der Waals surface area contributed by atoms with Gasteiger partial charge in [0.2, 0.25) is 5.91 Å². The highest BCUT2D eigenvalue weighted by Crippen LogP contribution is 1.80. The molecule has 3 nitrogen and oxygen atoms in total. The number of hydrogen-bond donors (Lipinski definition) is 2. The van der Waals surface area contributed by atoms with E-state index in [2.05, 4.69) is 0 Å². The van der Waals surface area contributed by atoms with Gasteiger partial charge in [-0.15, -0.1) is 11.6 Å². The maximum absolute atomic E-state index is 9.97. The summed E-state index contributed by atoms with van der Waals surface area (Å²) in [7, 11) is 0. The van der Waals surface area contributed by atoms with Gasteiger partial charge in [-0.3, -0.25) is 10.0 Å². The van der Waals surface area contributed by atoms with Crippen molar-refractivity contribution in [2.45, 2.75) is 6.42 Å². The molecule has 0 aromatic rings. The lowest BCUT2D eigenvalue weighted by atomic mass is 10.5. The van der Waals surface area contributed by atoms with E-state index < -0.39 is 5.91 Å². The predicted molar refractivity (Wildman–Crippen MR) is 25.3 cm³/mol. The van der Waals surface area contributed by atoms with Crippen LogP contribution in [0.5, 0.6) is 0 Å². The van der Waals surface area contributed by atoms with Crippen LogP contribution in [0.15, 0.2) is 0 Å². The van der Waals surface area contributed by atoms with Crippen LogP contribution in [0.2, 0.25) is 0 Å². The highest BCUT2D eigenvalue weighted by molar-refractivity contribution is 6.18. The zero-order valence-corrected chi connectivity index (χ0v) is 4.40. The number of alkyl halides is 1. The van der Waals surface area contributed by atoms with Crippen LogP contribution in [0, 0.1) is 0 Å². The maximum atomic E-state index is 9.97. The monoisotopic (exact) mass is 123 g/mol. The highest BCUT2D eigenvalue weighted by atomic mass is 35.5. The number of carbonyl (C=O) groups is 1. The van der Waals surface area contributed by atoms with Crippen LogP contribution in [-0.2, 0) is 4.79 Å². The van der Waals surface area contributed by atoms with Crippen LogP contribution < -0.4 is 5.48 Å². The van der Waals surface area contributed by atoms with E-state index in [0.29, 0.717) is 0 Å². The molecule has 0 aliphatic heterocycles. The number of nitrogens with one attached hydrogen (secondary N) is 1. The van der Waals surface area contributed by atoms with E-state index >= 15 is 0 Å². The van der Waals surface area contributed by atoms with Gasteiger partial charge >= 0.3 is 0 Å². The van der Waals surface area contributed by atoms with Crippen molar-refractivity contribution in [1.29, 1.82) is 0 Å². The Bertz CT molecular complexity index is 66.0. The number of hydroxylamine groups is 1. The second-order valence-corrected chi connectivity index (χ2v) is 1.35. The number of carbonyl (C=O) groups excluding carboxylic acids is 1. The Morgan fingerprint density at radius 1 is 1.86 bits per heavy atom. The molecule has 0 aromatic heterocycles. The third kappa shape index (κ3) is 3.55. The lowest BCUT2D eigenvalue weighted by molar-refractivity contribution is -0.128. The third-order valence-electron chi connectivity index (χ3n) is 0.446. The number of rotatable bonds is 2. The van der Waals surface area contributed by atoms with Gasteiger partial charge in [0.25, 0.3) is 0 Å². The molecule has 42 valence electrons. The summed E-state index contributed by atoms with van der Waals surface area (Å²) in [6.45, 7) is 0. The van der Waals surface area contributed by atoms with E-state index in [0.717, 1.165) is 0 Å². The topological polar surface area (TPSA) is 49.3 Å². The standard InChI is InChI=1S/C3H6ClNO2/c4-2-1-3(6)5-7/h7H,1-2H2,(H,5,6). The summed E-state index contributed by atoms with van der Waals surface area (Å²) in [5.74, 6) is -0.207. The molecule has 0 spiro atoms. The largest absolute Gasteiger partial charge is 0.289 e. The first-order valence-corrected chi connectivity index (χ1v) is 2.33. The summed E-state index contributed by atoms with van der Waals surface area (Å²) in [4.78, 5) is 9.97. The average molecular weight is 124 g/mol. The molecule has 0 unspecified atom stereocenters. The van der Waals surface area contributed by atoms with Gasteiger partial charge in [0.05, 0.1) is 0 Å². The van der Waals surface area contributed by atoms with Crippen LogP contribution in [-0.4, -0.2) is 17.0 Å². The molecule has 7 heavy (non-hydrogen) atoms. The van der Waals surface area contributed by atoms with Crippen molar-refractivity contribution < 1.29 is 10.0 Å². The second kappa shape index (κ2) is 3.89. The fourth-order valence-corrected chi connectivity index (χ4v) is 0.313. The van der Waals surface area contributed by atoms with Gasteiger partial charge in [-0.25, -0.2) is 5.48 Å². The Balaban J connectivity index is 3.00. The summed E-state index contributed by atoms with van der Waals surface area (Å²) in [5.41, 5.74) is 1.44. The Labute approximate surface area is 46.2 Å². The van der Waals surface area contributed by atoms with E-state index in [-0.39, 0.29) is 12.3 Å². The van der Waals surface area contributed by atoms with Gasteiger partial charge in [0, 0.05) is 12.3 Å². The smallest absolute Gasteiger partial charge is 0.244 e. The van der Waals surface area contributed by atoms with Crippen molar-refractivity contribution in [3.8, 4) is 0 Å². The fourth-order valence-electron chi connectivity index (χ4n) is 0.142. The first kappa shape index (κ1) is 6.72. The molecular formula is C3H6ClNO2. The fraction of sp³-hybridized carbons (Fsp3) is 0.667. The molecule has 0 heterocycles. The Morgan fingerprint density at radius 3 is 2.57 bits per heavy atom. The van der Waals surface area contributed by atoms with Crippen LogP contribution in [0.3, 0.4) is 0 Å². The van der Waals surface area contributed by atoms with Gasteiger partial charge < -0.3 is 0 Å². The molecule has 0 atom stereocenters. The van der Waals surface area contributed by atoms with Gasteiger partial charge in [0.15, 0.2) is 0 Å². The maximum Gasteiger partial charge on any atom is 0.244 e. The van der Waals surface area contributed by atoms with Crippen molar-refractivity contribution in [2.24, 2.45) is 0 Å². The lowest BCUT2D eigenvalue weighted by Gasteiger charge is -1.89. The van der Waals surface area contributed by atoms with E-state index in [1.807, 2.05) is 0 Å². The van der Waals surface area contributed by atoms with E-state index in [1.165, 1.54) is 5.48 Å². The van der Waals surface area contributed by atoms with Crippen LogP contribution in [0.4, 0.5) is 0 Å². The number of hydrogen-bond acceptors (Lipinski definition) is 2. The molecule has 1 amide bonds. The Kier molecular flexibility index (Phi) is 3.74. The first-order chi connectivity index (χ1) is 3.31. The normalized spacial score (nSPS) is 8.29. The number of halogens is 1. The zero-order chi connectivity index (χ0) is 5.70. The molecule has 0 radical (unpaired) electrons. The minimum Gasteiger partial charge on any atom is -0.289 e. The van der Waals surface area contributed by atoms with Gasteiger partial charge in [-0.05, 0) is 0 Å². The summed E-state index contributed by atoms with van der Waals surface area (Å²) >= 11 is 5.10. The van der Waals surface area contributed by atoms with Crippen molar-refractivity contribution in [1.82, 2.24) is 5.48 Å². The van der Waals surface area contributed by atoms with Crippen molar-refractivity contribution in [2.75, 3.05) is 5.88 Å². The Morgan fingerprint density at radius 2 is 2.43 bits per heavy atom. The second-order valence-electron chi connectivity index (χ2n) is 0.974. The molecule has 0 aromatic carbocycles. The van der Waals surface area contributed by atoms with Crippen molar-refractivity contribution >= 4 is 17.5 Å². The summed E-state index contributed by atoms with van der Waals surface area (Å²) < 4.78 is 0. The van der Waals surface area contributed by atoms with E-state index in [4.69, 9.17) is 16.8 Å². The minimum absolute atomic E-state index is 0.165. The molecule has 0 saturated carbocycles. The Hall–Kier alpha value is -0.280. The highest BCUT2D eigenvalue weighted by Gasteiger charge is 1.92.